The fourth-order valence-corrected chi connectivity index (χ4v) is 8.50. The van der Waals surface area contributed by atoms with Crippen LogP contribution in [0.1, 0.15) is 219 Å². The molecule has 13 nitrogen and oxygen atoms in total. The second kappa shape index (κ2) is 38.1. The zero-order valence-corrected chi connectivity index (χ0v) is 39.2. The highest BCUT2D eigenvalue weighted by atomic mass is 32.3. The van der Waals surface area contributed by atoms with Crippen molar-refractivity contribution >= 4 is 16.3 Å². The Labute approximate surface area is 371 Å². The number of carbonyl (C=O) groups excluding carboxylic acids is 1. The largest absolute Gasteiger partial charge is 0.397 e. The number of carbonyl (C=O) groups is 1. The Morgan fingerprint density at radius 2 is 1.05 bits per heavy atom. The predicted molar refractivity (Wildman–Crippen MR) is 242 cm³/mol. The van der Waals surface area contributed by atoms with Crippen molar-refractivity contribution in [2.45, 2.75) is 268 Å². The third-order valence-corrected chi connectivity index (χ3v) is 12.4. The van der Waals surface area contributed by atoms with Crippen LogP contribution in [0.3, 0.4) is 0 Å². The van der Waals surface area contributed by atoms with Gasteiger partial charge in [0.15, 0.2) is 6.29 Å². The van der Waals surface area contributed by atoms with Gasteiger partial charge in [0.1, 0.15) is 30.5 Å². The number of rotatable bonds is 42. The van der Waals surface area contributed by atoms with Crippen LogP contribution in [-0.2, 0) is 28.9 Å². The molecule has 0 spiro atoms. The van der Waals surface area contributed by atoms with Crippen molar-refractivity contribution < 1.29 is 57.0 Å². The third kappa shape index (κ3) is 30.6. The molecule has 1 heterocycles. The Balaban J connectivity index is 2.14. The molecule has 7 N–H and O–H groups in total. The molecular weight excluding hydrogens is 803 g/mol. The first-order valence-electron chi connectivity index (χ1n) is 24.7. The van der Waals surface area contributed by atoms with E-state index in [1.165, 1.54) is 148 Å². The fraction of sp³-hybridized carbons (Fsp3) is 0.936. The van der Waals surface area contributed by atoms with Crippen molar-refractivity contribution in [2.24, 2.45) is 0 Å². The van der Waals surface area contributed by atoms with Gasteiger partial charge in [-0.25, -0.2) is 4.18 Å². The number of nitrogens with one attached hydrogen (secondary N) is 1. The molecule has 0 aliphatic carbocycles. The molecule has 1 aliphatic rings. The van der Waals surface area contributed by atoms with Gasteiger partial charge in [0.25, 0.3) is 0 Å². The van der Waals surface area contributed by atoms with Gasteiger partial charge in [-0.1, -0.05) is 193 Å². The number of hydrogen-bond acceptors (Lipinski definition) is 11. The SMILES string of the molecule is CCCCCCCCCCCCCC/C=C\CCCCCCCCCCCCCCCC(O)C(=O)NC(COC1OC(CO)C(O)C(OS(=O)(=O)O)C1O)C(O)CCCCC. The van der Waals surface area contributed by atoms with E-state index >= 15 is 0 Å². The minimum Gasteiger partial charge on any atom is -0.394 e. The highest BCUT2D eigenvalue weighted by Gasteiger charge is 2.48. The molecule has 61 heavy (non-hydrogen) atoms. The smallest absolute Gasteiger partial charge is 0.394 e. The summed E-state index contributed by atoms with van der Waals surface area (Å²) in [6.45, 7) is 3.08. The van der Waals surface area contributed by atoms with Crippen LogP contribution < -0.4 is 5.32 Å². The Morgan fingerprint density at radius 1 is 0.639 bits per heavy atom. The van der Waals surface area contributed by atoms with Crippen molar-refractivity contribution in [3.05, 3.63) is 12.2 Å². The zero-order valence-electron chi connectivity index (χ0n) is 38.4. The fourth-order valence-electron chi connectivity index (χ4n) is 7.99. The van der Waals surface area contributed by atoms with E-state index in [0.29, 0.717) is 19.3 Å². The number of allylic oxidation sites excluding steroid dienone is 2. The molecule has 8 atom stereocenters. The lowest BCUT2D eigenvalue weighted by atomic mass is 9.99. The molecule has 8 unspecified atom stereocenters. The lowest BCUT2D eigenvalue weighted by molar-refractivity contribution is -0.298. The molecular formula is C47H91NO12S. The van der Waals surface area contributed by atoms with Crippen LogP contribution in [0, 0.1) is 0 Å². The van der Waals surface area contributed by atoms with Gasteiger partial charge in [-0.2, -0.15) is 8.42 Å². The quantitative estimate of drug-likeness (QED) is 0.0174. The van der Waals surface area contributed by atoms with Gasteiger partial charge in [-0.3, -0.25) is 9.35 Å². The standard InChI is InChI=1S/C47H91NO12S/c1-3-5-7-8-9-10-11-12-13-14-15-16-17-18-19-20-21-22-23-24-25-26-27-28-29-30-31-32-34-36-41(51)46(54)48-39(40(50)35-33-6-4-2)38-58-47-44(53)45(60-61(55,56)57)43(52)42(37-49)59-47/h18-19,39-45,47,49-53H,3-17,20-38H2,1-2H3,(H,48,54)(H,55,56,57)/b19-18-. The molecule has 1 aliphatic heterocycles. The van der Waals surface area contributed by atoms with E-state index in [1.54, 1.807) is 0 Å². The van der Waals surface area contributed by atoms with Gasteiger partial charge in [-0.05, 0) is 38.5 Å². The van der Waals surface area contributed by atoms with Crippen LogP contribution in [0.2, 0.25) is 0 Å². The van der Waals surface area contributed by atoms with Crippen molar-refractivity contribution in [1.29, 1.82) is 0 Å². The molecule has 0 aromatic carbocycles. The maximum atomic E-state index is 13.0. The summed E-state index contributed by atoms with van der Waals surface area (Å²) in [6.07, 6.45) is 31.3. The second-order valence-electron chi connectivity index (χ2n) is 17.5. The number of unbranched alkanes of at least 4 members (excludes halogenated alkanes) is 27. The van der Waals surface area contributed by atoms with Gasteiger partial charge in [0, 0.05) is 0 Å². The number of amides is 1. The minimum atomic E-state index is -5.10. The number of ether oxygens (including phenoxy) is 2. The third-order valence-electron chi connectivity index (χ3n) is 11.9. The molecule has 0 aromatic rings. The van der Waals surface area contributed by atoms with Gasteiger partial charge in [0.2, 0.25) is 5.91 Å². The van der Waals surface area contributed by atoms with E-state index in [9.17, 15) is 38.7 Å². The molecule has 0 saturated carbocycles. The molecule has 1 amide bonds. The topological polar surface area (TPSA) is 212 Å². The summed E-state index contributed by atoms with van der Waals surface area (Å²) in [5.74, 6) is -0.679. The Bertz CT molecular complexity index is 1160. The van der Waals surface area contributed by atoms with E-state index in [1.807, 2.05) is 6.92 Å². The number of hydrogen-bond donors (Lipinski definition) is 7. The summed E-state index contributed by atoms with van der Waals surface area (Å²) in [6, 6.07) is -1.03. The van der Waals surface area contributed by atoms with E-state index in [2.05, 4.69) is 28.6 Å². The number of aliphatic hydroxyl groups excluding tert-OH is 5. The molecule has 14 heteroatoms. The predicted octanol–water partition coefficient (Wildman–Crippen LogP) is 8.92. The average molecular weight is 894 g/mol. The first-order chi connectivity index (χ1) is 29.4. The van der Waals surface area contributed by atoms with Gasteiger partial charge >= 0.3 is 10.4 Å². The molecule has 1 rings (SSSR count). The normalized spacial score (nSPS) is 21.2. The molecule has 0 bridgehead atoms. The van der Waals surface area contributed by atoms with Crippen LogP contribution in [0.25, 0.3) is 0 Å². The van der Waals surface area contributed by atoms with Crippen LogP contribution in [0.4, 0.5) is 0 Å². The van der Waals surface area contributed by atoms with E-state index in [-0.39, 0.29) is 6.42 Å². The van der Waals surface area contributed by atoms with Crippen LogP contribution in [0.15, 0.2) is 12.2 Å². The summed E-state index contributed by atoms with van der Waals surface area (Å²) in [5.41, 5.74) is 0. The average Bonchev–Trinajstić information content (AvgIpc) is 3.23. The summed E-state index contributed by atoms with van der Waals surface area (Å²) in [7, 11) is -5.10. The van der Waals surface area contributed by atoms with Crippen molar-refractivity contribution in [3.63, 3.8) is 0 Å². The van der Waals surface area contributed by atoms with Crippen LogP contribution in [0.5, 0.6) is 0 Å². The highest BCUT2D eigenvalue weighted by Crippen LogP contribution is 2.26. The maximum Gasteiger partial charge on any atom is 0.397 e. The van der Waals surface area contributed by atoms with Crippen molar-refractivity contribution in [2.75, 3.05) is 13.2 Å². The van der Waals surface area contributed by atoms with Gasteiger partial charge < -0.3 is 40.3 Å². The molecule has 362 valence electrons. The van der Waals surface area contributed by atoms with Gasteiger partial charge in [-0.15, -0.1) is 0 Å². The number of aliphatic hydroxyl groups is 5. The maximum absolute atomic E-state index is 13.0. The summed E-state index contributed by atoms with van der Waals surface area (Å²) >= 11 is 0. The van der Waals surface area contributed by atoms with Crippen molar-refractivity contribution in [1.82, 2.24) is 5.32 Å². The van der Waals surface area contributed by atoms with E-state index < -0.39 is 78.5 Å². The Hall–Kier alpha value is -1.20. The lowest BCUT2D eigenvalue weighted by Crippen LogP contribution is -2.61. The van der Waals surface area contributed by atoms with Crippen LogP contribution >= 0.6 is 0 Å². The summed E-state index contributed by atoms with van der Waals surface area (Å²) < 4.78 is 47.1. The first-order valence-corrected chi connectivity index (χ1v) is 26.0. The Kier molecular flexibility index (Phi) is 36.1. The molecule has 0 aromatic heterocycles. The summed E-state index contributed by atoms with van der Waals surface area (Å²) in [5, 5.41) is 54.6. The zero-order chi connectivity index (χ0) is 45.0. The molecule has 0 radical (unpaired) electrons. The lowest BCUT2D eigenvalue weighted by Gasteiger charge is -2.41. The molecule has 1 fully saturated rings. The van der Waals surface area contributed by atoms with Crippen molar-refractivity contribution in [3.8, 4) is 0 Å². The monoisotopic (exact) mass is 894 g/mol. The highest BCUT2D eigenvalue weighted by molar-refractivity contribution is 7.80. The van der Waals surface area contributed by atoms with Gasteiger partial charge in [0.05, 0.1) is 25.4 Å². The summed E-state index contributed by atoms with van der Waals surface area (Å²) in [4.78, 5) is 13.0. The minimum absolute atomic E-state index is 0.260. The van der Waals surface area contributed by atoms with E-state index in [0.717, 1.165) is 32.1 Å². The Morgan fingerprint density at radius 3 is 1.49 bits per heavy atom. The second-order valence-corrected chi connectivity index (χ2v) is 18.6. The molecule has 1 saturated heterocycles. The van der Waals surface area contributed by atoms with Crippen LogP contribution in [-0.4, -0.2) is 107 Å². The first kappa shape index (κ1) is 57.8. The van der Waals surface area contributed by atoms with E-state index in [4.69, 9.17) is 14.0 Å².